The summed E-state index contributed by atoms with van der Waals surface area (Å²) in [4.78, 5) is 2.68. The fourth-order valence-electron chi connectivity index (χ4n) is 3.05. The van der Waals surface area contributed by atoms with Crippen molar-refractivity contribution in [2.75, 3.05) is 19.0 Å². The Labute approximate surface area is 113 Å². The quantitative estimate of drug-likeness (QED) is 0.543. The van der Waals surface area contributed by atoms with E-state index in [4.69, 9.17) is 11.6 Å². The summed E-state index contributed by atoms with van der Waals surface area (Å²) in [7, 11) is 0. The lowest BCUT2D eigenvalue weighted by molar-refractivity contribution is 0.170. The zero-order valence-corrected chi connectivity index (χ0v) is 12.5. The molecule has 1 fully saturated rings. The van der Waals surface area contributed by atoms with E-state index in [9.17, 15) is 0 Å². The predicted octanol–water partition coefficient (Wildman–Crippen LogP) is 4.69. The van der Waals surface area contributed by atoms with Gasteiger partial charge in [-0.05, 0) is 25.2 Å². The number of hydrogen-bond acceptors (Lipinski definition) is 1. The number of rotatable bonds is 9. The zero-order valence-electron chi connectivity index (χ0n) is 11.8. The van der Waals surface area contributed by atoms with E-state index in [0.29, 0.717) is 0 Å². The van der Waals surface area contributed by atoms with E-state index >= 15 is 0 Å². The van der Waals surface area contributed by atoms with Gasteiger partial charge in [0.2, 0.25) is 0 Å². The van der Waals surface area contributed by atoms with Crippen LogP contribution in [-0.4, -0.2) is 29.9 Å². The summed E-state index contributed by atoms with van der Waals surface area (Å²) in [5.74, 6) is 1.68. The van der Waals surface area contributed by atoms with Crippen molar-refractivity contribution in [2.24, 2.45) is 5.92 Å². The molecule has 2 heteroatoms. The van der Waals surface area contributed by atoms with Crippen molar-refractivity contribution in [3.8, 4) is 0 Å². The van der Waals surface area contributed by atoms with Crippen LogP contribution in [0.3, 0.4) is 0 Å². The fraction of sp³-hybridized carbons (Fsp3) is 1.00. The molecule has 0 aromatic carbocycles. The Hall–Kier alpha value is 0.250. The largest absolute Gasteiger partial charge is 0.299 e. The first kappa shape index (κ1) is 15.3. The van der Waals surface area contributed by atoms with Crippen molar-refractivity contribution in [1.29, 1.82) is 0 Å². The maximum Gasteiger partial charge on any atom is 0.0351 e. The zero-order chi connectivity index (χ0) is 12.5. The monoisotopic (exact) mass is 259 g/mol. The molecule has 0 aliphatic heterocycles. The molecule has 0 N–H and O–H groups in total. The second kappa shape index (κ2) is 9.22. The molecule has 0 heterocycles. The number of nitrogens with zero attached hydrogens (tertiary/aromatic N) is 1. The highest BCUT2D eigenvalue weighted by atomic mass is 35.5. The molecule has 0 radical (unpaired) electrons. The first-order valence-corrected chi connectivity index (χ1v) is 8.15. The third-order valence-corrected chi connectivity index (χ3v) is 4.42. The van der Waals surface area contributed by atoms with E-state index in [1.165, 1.54) is 57.9 Å². The van der Waals surface area contributed by atoms with Gasteiger partial charge in [0.15, 0.2) is 0 Å². The van der Waals surface area contributed by atoms with Gasteiger partial charge in [-0.25, -0.2) is 0 Å². The minimum atomic E-state index is 0.792. The van der Waals surface area contributed by atoms with Crippen molar-refractivity contribution in [3.63, 3.8) is 0 Å². The highest BCUT2D eigenvalue weighted by molar-refractivity contribution is 6.18. The highest BCUT2D eigenvalue weighted by Gasteiger charge is 2.23. The molecule has 1 rings (SSSR count). The number of hydrogen-bond donors (Lipinski definition) is 0. The molecule has 102 valence electrons. The van der Waals surface area contributed by atoms with Gasteiger partial charge in [-0.1, -0.05) is 46.0 Å². The van der Waals surface area contributed by atoms with E-state index in [-0.39, 0.29) is 0 Å². The van der Waals surface area contributed by atoms with Gasteiger partial charge in [-0.2, -0.15) is 0 Å². The van der Waals surface area contributed by atoms with Gasteiger partial charge in [0, 0.05) is 25.0 Å². The summed E-state index contributed by atoms with van der Waals surface area (Å²) >= 11 is 5.96. The Kier molecular flexibility index (Phi) is 8.30. The van der Waals surface area contributed by atoms with Crippen LogP contribution < -0.4 is 0 Å². The van der Waals surface area contributed by atoms with Gasteiger partial charge >= 0.3 is 0 Å². The number of unbranched alkanes of at least 4 members (excludes halogenated alkanes) is 1. The van der Waals surface area contributed by atoms with Crippen molar-refractivity contribution >= 4 is 11.6 Å². The smallest absolute Gasteiger partial charge is 0.0351 e. The fourth-order valence-corrected chi connectivity index (χ4v) is 3.27. The van der Waals surface area contributed by atoms with Gasteiger partial charge in [0.25, 0.3) is 0 Å². The first-order chi connectivity index (χ1) is 8.31. The van der Waals surface area contributed by atoms with Gasteiger partial charge in [0.1, 0.15) is 0 Å². The molecule has 1 aliphatic carbocycles. The molecule has 1 unspecified atom stereocenters. The molecule has 1 saturated carbocycles. The van der Waals surface area contributed by atoms with Crippen molar-refractivity contribution in [1.82, 2.24) is 4.90 Å². The summed E-state index contributed by atoms with van der Waals surface area (Å²) in [5.41, 5.74) is 0. The molecule has 0 bridgehead atoms. The van der Waals surface area contributed by atoms with E-state index < -0.39 is 0 Å². The Morgan fingerprint density at radius 2 is 1.94 bits per heavy atom. The second-order valence-corrected chi connectivity index (χ2v) is 5.92. The minimum absolute atomic E-state index is 0.792. The predicted molar refractivity (Wildman–Crippen MR) is 77.9 cm³/mol. The molecule has 0 spiro atoms. The normalized spacial score (nSPS) is 19.1. The lowest BCUT2D eigenvalue weighted by atomic mass is 9.98. The SMILES string of the molecule is CCCCC(CC)CN(CCCl)C1CCCC1. The van der Waals surface area contributed by atoms with Crippen molar-refractivity contribution < 1.29 is 0 Å². The molecule has 1 atom stereocenters. The maximum absolute atomic E-state index is 5.96. The second-order valence-electron chi connectivity index (χ2n) is 5.54. The molecule has 0 aromatic heterocycles. The van der Waals surface area contributed by atoms with E-state index in [0.717, 1.165) is 24.4 Å². The molecule has 1 aliphatic rings. The lowest BCUT2D eigenvalue weighted by Crippen LogP contribution is -2.38. The Morgan fingerprint density at radius 1 is 1.24 bits per heavy atom. The summed E-state index contributed by atoms with van der Waals surface area (Å²) in [6, 6.07) is 0.837. The Morgan fingerprint density at radius 3 is 2.47 bits per heavy atom. The van der Waals surface area contributed by atoms with Crippen LogP contribution >= 0.6 is 11.6 Å². The molecule has 0 saturated heterocycles. The van der Waals surface area contributed by atoms with Gasteiger partial charge < -0.3 is 0 Å². The first-order valence-electron chi connectivity index (χ1n) is 7.61. The van der Waals surface area contributed by atoms with Crippen LogP contribution in [0.25, 0.3) is 0 Å². The average Bonchev–Trinajstić information content (AvgIpc) is 2.87. The van der Waals surface area contributed by atoms with Crippen LogP contribution in [0.2, 0.25) is 0 Å². The molecule has 17 heavy (non-hydrogen) atoms. The summed E-state index contributed by atoms with van der Waals surface area (Å²) in [6.45, 7) is 7.01. The summed E-state index contributed by atoms with van der Waals surface area (Å²) in [5, 5.41) is 0. The van der Waals surface area contributed by atoms with E-state index in [1.54, 1.807) is 0 Å². The molecule has 1 nitrogen and oxygen atoms in total. The van der Waals surface area contributed by atoms with E-state index in [1.807, 2.05) is 0 Å². The molecular formula is C15H30ClN. The van der Waals surface area contributed by atoms with Crippen LogP contribution in [-0.2, 0) is 0 Å². The Bertz CT molecular complexity index is 178. The minimum Gasteiger partial charge on any atom is -0.299 e. The van der Waals surface area contributed by atoms with Crippen LogP contribution in [0.4, 0.5) is 0 Å². The number of alkyl halides is 1. The average molecular weight is 260 g/mol. The van der Waals surface area contributed by atoms with Crippen LogP contribution in [0.5, 0.6) is 0 Å². The van der Waals surface area contributed by atoms with E-state index in [2.05, 4.69) is 18.7 Å². The molecule has 0 aromatic rings. The third kappa shape index (κ3) is 5.61. The van der Waals surface area contributed by atoms with Crippen LogP contribution in [0.15, 0.2) is 0 Å². The maximum atomic E-state index is 5.96. The third-order valence-electron chi connectivity index (χ3n) is 4.25. The topological polar surface area (TPSA) is 3.24 Å². The summed E-state index contributed by atoms with van der Waals surface area (Å²) < 4.78 is 0. The van der Waals surface area contributed by atoms with Gasteiger partial charge in [-0.3, -0.25) is 4.90 Å². The lowest BCUT2D eigenvalue weighted by Gasteiger charge is -2.31. The number of halogens is 1. The van der Waals surface area contributed by atoms with Gasteiger partial charge in [0.05, 0.1) is 0 Å². The van der Waals surface area contributed by atoms with Crippen molar-refractivity contribution in [2.45, 2.75) is 71.3 Å². The van der Waals surface area contributed by atoms with Crippen LogP contribution in [0.1, 0.15) is 65.2 Å². The molecular weight excluding hydrogens is 230 g/mol. The van der Waals surface area contributed by atoms with Crippen molar-refractivity contribution in [3.05, 3.63) is 0 Å². The standard InChI is InChI=1S/C15H30ClN/c1-3-5-8-14(4-2)13-17(12-11-16)15-9-6-7-10-15/h14-15H,3-13H2,1-2H3. The molecule has 0 amide bonds. The summed E-state index contributed by atoms with van der Waals surface area (Å²) in [6.07, 6.45) is 11.1. The highest BCUT2D eigenvalue weighted by Crippen LogP contribution is 2.25. The van der Waals surface area contributed by atoms with Crippen LogP contribution in [0, 0.1) is 5.92 Å². The Balaban J connectivity index is 2.39. The van der Waals surface area contributed by atoms with Gasteiger partial charge in [-0.15, -0.1) is 11.6 Å².